The van der Waals surface area contributed by atoms with Gasteiger partial charge in [-0.1, -0.05) is 12.1 Å². The highest BCUT2D eigenvalue weighted by molar-refractivity contribution is 5.17. The largest absolute Gasteiger partial charge is 0.317 e. The van der Waals surface area contributed by atoms with Crippen molar-refractivity contribution in [3.63, 3.8) is 0 Å². The lowest BCUT2D eigenvalue weighted by Crippen LogP contribution is -2.39. The summed E-state index contributed by atoms with van der Waals surface area (Å²) in [6.45, 7) is 5.74. The van der Waals surface area contributed by atoms with Crippen LogP contribution in [0.3, 0.4) is 0 Å². The summed E-state index contributed by atoms with van der Waals surface area (Å²) in [7, 11) is 2.20. The van der Waals surface area contributed by atoms with Crippen LogP contribution in [0.5, 0.6) is 0 Å². The first-order chi connectivity index (χ1) is 9.15. The van der Waals surface area contributed by atoms with E-state index in [1.165, 1.54) is 24.9 Å². The van der Waals surface area contributed by atoms with Crippen LogP contribution >= 0.6 is 0 Å². The highest BCUT2D eigenvalue weighted by atomic mass is 19.1. The fourth-order valence-corrected chi connectivity index (χ4v) is 2.77. The predicted molar refractivity (Wildman–Crippen MR) is 77.8 cm³/mol. The van der Waals surface area contributed by atoms with Crippen LogP contribution in [-0.4, -0.2) is 37.6 Å². The Labute approximate surface area is 116 Å². The molecular formula is C16H25FN2. The molecule has 2 rings (SSSR count). The molecule has 19 heavy (non-hydrogen) atoms. The minimum Gasteiger partial charge on any atom is -0.317 e. The van der Waals surface area contributed by atoms with Crippen molar-refractivity contribution in [1.29, 1.82) is 0 Å². The zero-order chi connectivity index (χ0) is 13.7. The fraction of sp³-hybridized carbons (Fsp3) is 0.625. The van der Waals surface area contributed by atoms with E-state index in [2.05, 4.69) is 24.2 Å². The van der Waals surface area contributed by atoms with Crippen LogP contribution in [0.2, 0.25) is 0 Å². The lowest BCUT2D eigenvalue weighted by atomic mass is 9.96. The number of hydrogen-bond donors (Lipinski definition) is 1. The Kier molecular flexibility index (Phi) is 5.34. The van der Waals surface area contributed by atoms with Gasteiger partial charge in [-0.25, -0.2) is 4.39 Å². The number of nitrogens with zero attached hydrogens (tertiary/aromatic N) is 1. The number of benzene rings is 1. The van der Waals surface area contributed by atoms with Gasteiger partial charge in [0.05, 0.1) is 0 Å². The Morgan fingerprint density at radius 2 is 1.89 bits per heavy atom. The van der Waals surface area contributed by atoms with Gasteiger partial charge in [-0.3, -0.25) is 0 Å². The van der Waals surface area contributed by atoms with Crippen molar-refractivity contribution in [2.75, 3.05) is 26.7 Å². The van der Waals surface area contributed by atoms with E-state index in [1.807, 2.05) is 12.1 Å². The number of hydrogen-bond acceptors (Lipinski definition) is 2. The summed E-state index contributed by atoms with van der Waals surface area (Å²) in [6, 6.07) is 7.39. The van der Waals surface area contributed by atoms with Crippen LogP contribution in [0.1, 0.15) is 25.3 Å². The Morgan fingerprint density at radius 3 is 2.53 bits per heavy atom. The third-order valence-corrected chi connectivity index (χ3v) is 4.20. The zero-order valence-corrected chi connectivity index (χ0v) is 12.0. The highest BCUT2D eigenvalue weighted by Gasteiger charge is 2.18. The van der Waals surface area contributed by atoms with Crippen LogP contribution in [0.15, 0.2) is 24.3 Å². The van der Waals surface area contributed by atoms with Crippen molar-refractivity contribution in [2.24, 2.45) is 5.92 Å². The Morgan fingerprint density at radius 1 is 1.26 bits per heavy atom. The minimum absolute atomic E-state index is 0.153. The van der Waals surface area contributed by atoms with E-state index in [9.17, 15) is 4.39 Å². The Hall–Kier alpha value is -0.930. The maximum atomic E-state index is 12.9. The molecule has 0 amide bonds. The van der Waals surface area contributed by atoms with Gasteiger partial charge in [-0.15, -0.1) is 0 Å². The van der Waals surface area contributed by atoms with E-state index in [4.69, 9.17) is 0 Å². The molecule has 1 heterocycles. The molecule has 0 spiro atoms. The minimum atomic E-state index is -0.153. The molecule has 1 saturated heterocycles. The summed E-state index contributed by atoms with van der Waals surface area (Å²) in [5.74, 6) is 0.668. The quantitative estimate of drug-likeness (QED) is 0.879. The maximum Gasteiger partial charge on any atom is 0.123 e. The lowest BCUT2D eigenvalue weighted by Gasteiger charge is -2.31. The molecule has 1 atom stereocenters. The van der Waals surface area contributed by atoms with Gasteiger partial charge in [0, 0.05) is 12.6 Å². The molecule has 2 nitrogen and oxygen atoms in total. The molecule has 1 aromatic rings. The molecular weight excluding hydrogens is 239 g/mol. The van der Waals surface area contributed by atoms with Gasteiger partial charge in [0.25, 0.3) is 0 Å². The number of piperidine rings is 1. The van der Waals surface area contributed by atoms with Crippen molar-refractivity contribution < 1.29 is 4.39 Å². The van der Waals surface area contributed by atoms with Gasteiger partial charge in [-0.2, -0.15) is 0 Å². The third-order valence-electron chi connectivity index (χ3n) is 4.20. The van der Waals surface area contributed by atoms with Crippen LogP contribution < -0.4 is 5.32 Å². The molecule has 1 fully saturated rings. The highest BCUT2D eigenvalue weighted by Crippen LogP contribution is 2.15. The zero-order valence-electron chi connectivity index (χ0n) is 12.0. The molecule has 0 radical (unpaired) electrons. The number of rotatable bonds is 5. The number of nitrogens with one attached hydrogen (secondary N) is 1. The van der Waals surface area contributed by atoms with Crippen molar-refractivity contribution in [3.05, 3.63) is 35.6 Å². The van der Waals surface area contributed by atoms with E-state index in [1.54, 1.807) is 12.1 Å². The topological polar surface area (TPSA) is 15.3 Å². The summed E-state index contributed by atoms with van der Waals surface area (Å²) in [6.07, 6.45) is 3.56. The molecule has 0 aromatic heterocycles. The predicted octanol–water partition coefficient (Wildman–Crippen LogP) is 2.69. The number of halogens is 1. The summed E-state index contributed by atoms with van der Waals surface area (Å²) in [4.78, 5) is 2.44. The van der Waals surface area contributed by atoms with Crippen LogP contribution in [-0.2, 0) is 6.42 Å². The molecule has 1 aliphatic heterocycles. The first kappa shape index (κ1) is 14.5. The Balaban J connectivity index is 1.81. The normalized spacial score (nSPS) is 18.7. The second-order valence-electron chi connectivity index (χ2n) is 5.81. The fourth-order valence-electron chi connectivity index (χ4n) is 2.77. The summed E-state index contributed by atoms with van der Waals surface area (Å²) in [5.41, 5.74) is 1.21. The SMILES string of the molecule is CC(Cc1ccc(F)cc1)N(C)CC1CCNCC1. The summed E-state index contributed by atoms with van der Waals surface area (Å²) < 4.78 is 12.9. The molecule has 1 N–H and O–H groups in total. The monoisotopic (exact) mass is 264 g/mol. The second-order valence-corrected chi connectivity index (χ2v) is 5.81. The van der Waals surface area contributed by atoms with E-state index >= 15 is 0 Å². The molecule has 0 aliphatic carbocycles. The maximum absolute atomic E-state index is 12.9. The van der Waals surface area contributed by atoms with Crippen LogP contribution in [0.4, 0.5) is 4.39 Å². The van der Waals surface area contributed by atoms with Gasteiger partial charge in [-0.05, 0) is 69.9 Å². The molecule has 0 saturated carbocycles. The molecule has 1 aromatic carbocycles. The van der Waals surface area contributed by atoms with Crippen molar-refractivity contribution in [3.8, 4) is 0 Å². The van der Waals surface area contributed by atoms with Crippen LogP contribution in [0, 0.1) is 11.7 Å². The average molecular weight is 264 g/mol. The summed E-state index contributed by atoms with van der Waals surface area (Å²) >= 11 is 0. The molecule has 1 unspecified atom stereocenters. The first-order valence-electron chi connectivity index (χ1n) is 7.30. The Bertz CT molecular complexity index is 371. The van der Waals surface area contributed by atoms with E-state index in [0.29, 0.717) is 6.04 Å². The summed E-state index contributed by atoms with van der Waals surface area (Å²) in [5, 5.41) is 3.41. The van der Waals surface area contributed by atoms with Gasteiger partial charge in [0.2, 0.25) is 0 Å². The lowest BCUT2D eigenvalue weighted by molar-refractivity contribution is 0.194. The van der Waals surface area contributed by atoms with Crippen molar-refractivity contribution in [2.45, 2.75) is 32.2 Å². The molecule has 1 aliphatic rings. The second kappa shape index (κ2) is 7.01. The van der Waals surface area contributed by atoms with E-state index in [-0.39, 0.29) is 5.82 Å². The third kappa shape index (κ3) is 4.59. The van der Waals surface area contributed by atoms with Gasteiger partial charge in [0.1, 0.15) is 5.82 Å². The van der Waals surface area contributed by atoms with Crippen LogP contribution in [0.25, 0.3) is 0 Å². The van der Waals surface area contributed by atoms with Gasteiger partial charge < -0.3 is 10.2 Å². The molecule has 106 valence electrons. The van der Waals surface area contributed by atoms with Gasteiger partial charge in [0.15, 0.2) is 0 Å². The molecule has 3 heteroatoms. The average Bonchev–Trinajstić information content (AvgIpc) is 2.42. The van der Waals surface area contributed by atoms with Gasteiger partial charge >= 0.3 is 0 Å². The van der Waals surface area contributed by atoms with E-state index in [0.717, 1.165) is 25.4 Å². The van der Waals surface area contributed by atoms with Crippen molar-refractivity contribution >= 4 is 0 Å². The molecule has 0 bridgehead atoms. The van der Waals surface area contributed by atoms with E-state index < -0.39 is 0 Å². The smallest absolute Gasteiger partial charge is 0.123 e. The standard InChI is InChI=1S/C16H25FN2/c1-13(11-14-3-5-16(17)6-4-14)19(2)12-15-7-9-18-10-8-15/h3-6,13,15,18H,7-12H2,1-2H3. The first-order valence-corrected chi connectivity index (χ1v) is 7.30. The number of likely N-dealkylation sites (N-methyl/N-ethyl adjacent to an activating group) is 1. The van der Waals surface area contributed by atoms with Crippen molar-refractivity contribution in [1.82, 2.24) is 10.2 Å².